The number of hydrogen-bond acceptors (Lipinski definition) is 4. The Labute approximate surface area is 109 Å². The Morgan fingerprint density at radius 1 is 1.33 bits per heavy atom. The normalized spacial score (nSPS) is 24.3. The third-order valence-corrected chi connectivity index (χ3v) is 3.29. The second-order valence-electron chi connectivity index (χ2n) is 5.11. The van der Waals surface area contributed by atoms with Crippen LogP contribution in [0.3, 0.4) is 0 Å². The lowest BCUT2D eigenvalue weighted by Gasteiger charge is -2.36. The Hall–Kier alpha value is -1.13. The SMILES string of the molecule is CNCc1ccc(N2C[C@@H](C)O[C@@H](C)C2)nc1C. The first-order valence-corrected chi connectivity index (χ1v) is 6.61. The Morgan fingerprint density at radius 2 is 2.00 bits per heavy atom. The maximum absolute atomic E-state index is 5.75. The van der Waals surface area contributed by atoms with Crippen molar-refractivity contribution < 1.29 is 4.74 Å². The summed E-state index contributed by atoms with van der Waals surface area (Å²) in [5.41, 5.74) is 2.37. The summed E-state index contributed by atoms with van der Waals surface area (Å²) in [5.74, 6) is 1.06. The number of rotatable bonds is 3. The van der Waals surface area contributed by atoms with Gasteiger partial charge >= 0.3 is 0 Å². The van der Waals surface area contributed by atoms with Crippen molar-refractivity contribution >= 4 is 5.82 Å². The zero-order valence-electron chi connectivity index (χ0n) is 11.7. The molecule has 1 N–H and O–H groups in total. The standard InChI is InChI=1S/C14H23N3O/c1-10-8-17(9-11(2)18-10)14-6-5-13(7-15-4)12(3)16-14/h5-6,10-11,15H,7-9H2,1-4H3/t10-,11+. The van der Waals surface area contributed by atoms with Gasteiger partial charge in [0.1, 0.15) is 5.82 Å². The second kappa shape index (κ2) is 5.67. The summed E-state index contributed by atoms with van der Waals surface area (Å²) in [6.45, 7) is 9.01. The van der Waals surface area contributed by atoms with Gasteiger partial charge < -0.3 is 15.0 Å². The van der Waals surface area contributed by atoms with E-state index >= 15 is 0 Å². The van der Waals surface area contributed by atoms with Gasteiger partial charge in [-0.15, -0.1) is 0 Å². The van der Waals surface area contributed by atoms with Crippen LogP contribution in [0.25, 0.3) is 0 Å². The van der Waals surface area contributed by atoms with Crippen molar-refractivity contribution in [3.8, 4) is 0 Å². The quantitative estimate of drug-likeness (QED) is 0.885. The number of aromatic nitrogens is 1. The van der Waals surface area contributed by atoms with Crippen LogP contribution in [0.1, 0.15) is 25.1 Å². The van der Waals surface area contributed by atoms with Crippen molar-refractivity contribution in [1.82, 2.24) is 10.3 Å². The molecule has 1 aromatic heterocycles. The molecule has 1 aliphatic heterocycles. The predicted octanol–water partition coefficient (Wildman–Crippen LogP) is 1.72. The largest absolute Gasteiger partial charge is 0.372 e. The van der Waals surface area contributed by atoms with Crippen LogP contribution in [-0.4, -0.2) is 37.3 Å². The lowest BCUT2D eigenvalue weighted by molar-refractivity contribution is -0.00546. The molecule has 4 heteroatoms. The van der Waals surface area contributed by atoms with E-state index in [1.54, 1.807) is 0 Å². The van der Waals surface area contributed by atoms with Crippen molar-refractivity contribution in [1.29, 1.82) is 0 Å². The molecule has 100 valence electrons. The fourth-order valence-corrected chi connectivity index (χ4v) is 2.49. The summed E-state index contributed by atoms with van der Waals surface area (Å²) in [6.07, 6.45) is 0.542. The molecule has 2 rings (SSSR count). The molecule has 1 fully saturated rings. The van der Waals surface area contributed by atoms with Crippen LogP contribution in [0.15, 0.2) is 12.1 Å². The number of ether oxygens (including phenoxy) is 1. The van der Waals surface area contributed by atoms with Crippen molar-refractivity contribution in [2.24, 2.45) is 0 Å². The Bertz CT molecular complexity index is 398. The Kier molecular flexibility index (Phi) is 4.19. The number of hydrogen-bond donors (Lipinski definition) is 1. The van der Waals surface area contributed by atoms with Gasteiger partial charge in [0.05, 0.1) is 12.2 Å². The van der Waals surface area contributed by atoms with Crippen LogP contribution in [0, 0.1) is 6.92 Å². The molecule has 1 aromatic rings. The Balaban J connectivity index is 2.15. The highest BCUT2D eigenvalue weighted by atomic mass is 16.5. The molecular formula is C14H23N3O. The molecule has 0 radical (unpaired) electrons. The molecule has 1 aliphatic rings. The van der Waals surface area contributed by atoms with E-state index in [9.17, 15) is 0 Å². The molecule has 0 saturated carbocycles. The minimum absolute atomic E-state index is 0.271. The van der Waals surface area contributed by atoms with Gasteiger partial charge in [-0.3, -0.25) is 0 Å². The average molecular weight is 249 g/mol. The maximum atomic E-state index is 5.75. The molecule has 1 saturated heterocycles. The first-order valence-electron chi connectivity index (χ1n) is 6.61. The molecule has 2 heterocycles. The molecule has 0 aromatic carbocycles. The smallest absolute Gasteiger partial charge is 0.128 e. The molecule has 18 heavy (non-hydrogen) atoms. The minimum Gasteiger partial charge on any atom is -0.372 e. The highest BCUT2D eigenvalue weighted by Gasteiger charge is 2.23. The number of nitrogens with one attached hydrogen (secondary N) is 1. The summed E-state index contributed by atoms with van der Waals surface area (Å²) >= 11 is 0. The van der Waals surface area contributed by atoms with E-state index in [-0.39, 0.29) is 12.2 Å². The van der Waals surface area contributed by atoms with E-state index in [0.717, 1.165) is 31.1 Å². The van der Waals surface area contributed by atoms with Gasteiger partial charge in [0.2, 0.25) is 0 Å². The summed E-state index contributed by atoms with van der Waals surface area (Å²) < 4.78 is 5.75. The van der Waals surface area contributed by atoms with Crippen LogP contribution in [-0.2, 0) is 11.3 Å². The molecule has 0 aliphatic carbocycles. The number of nitrogens with zero attached hydrogens (tertiary/aromatic N) is 2. The molecule has 0 amide bonds. The van der Waals surface area contributed by atoms with Crippen molar-refractivity contribution in [3.05, 3.63) is 23.4 Å². The van der Waals surface area contributed by atoms with Gasteiger partial charge in [-0.1, -0.05) is 6.07 Å². The molecule has 4 nitrogen and oxygen atoms in total. The maximum Gasteiger partial charge on any atom is 0.128 e. The zero-order valence-corrected chi connectivity index (χ0v) is 11.7. The van der Waals surface area contributed by atoms with Gasteiger partial charge in [-0.25, -0.2) is 4.98 Å². The first-order chi connectivity index (χ1) is 8.60. The van der Waals surface area contributed by atoms with Gasteiger partial charge in [0.15, 0.2) is 0 Å². The fourth-order valence-electron chi connectivity index (χ4n) is 2.49. The molecule has 0 unspecified atom stereocenters. The van der Waals surface area contributed by atoms with E-state index in [0.29, 0.717) is 0 Å². The Morgan fingerprint density at radius 3 is 2.56 bits per heavy atom. The molecular weight excluding hydrogens is 226 g/mol. The summed E-state index contributed by atoms with van der Waals surface area (Å²) in [7, 11) is 1.96. The van der Waals surface area contributed by atoms with Gasteiger partial charge in [-0.2, -0.15) is 0 Å². The van der Waals surface area contributed by atoms with E-state index in [2.05, 4.69) is 43.1 Å². The van der Waals surface area contributed by atoms with Gasteiger partial charge in [-0.05, 0) is 39.4 Å². The van der Waals surface area contributed by atoms with Gasteiger partial charge in [0, 0.05) is 25.3 Å². The number of aryl methyl sites for hydroxylation is 1. The van der Waals surface area contributed by atoms with Crippen molar-refractivity contribution in [2.45, 2.75) is 39.5 Å². The summed E-state index contributed by atoms with van der Waals surface area (Å²) in [6, 6.07) is 4.28. The van der Waals surface area contributed by atoms with E-state index in [4.69, 9.17) is 9.72 Å². The van der Waals surface area contributed by atoms with E-state index in [1.807, 2.05) is 7.05 Å². The predicted molar refractivity (Wildman–Crippen MR) is 74.0 cm³/mol. The fraction of sp³-hybridized carbons (Fsp3) is 0.643. The van der Waals surface area contributed by atoms with E-state index in [1.165, 1.54) is 5.56 Å². The molecule has 2 atom stereocenters. The topological polar surface area (TPSA) is 37.4 Å². The number of anilines is 1. The summed E-state index contributed by atoms with van der Waals surface area (Å²) in [4.78, 5) is 7.03. The summed E-state index contributed by atoms with van der Waals surface area (Å²) in [5, 5.41) is 3.16. The van der Waals surface area contributed by atoms with Crippen LogP contribution >= 0.6 is 0 Å². The van der Waals surface area contributed by atoms with Crippen LogP contribution in [0.4, 0.5) is 5.82 Å². The lowest BCUT2D eigenvalue weighted by Crippen LogP contribution is -2.45. The van der Waals surface area contributed by atoms with Crippen molar-refractivity contribution in [3.63, 3.8) is 0 Å². The van der Waals surface area contributed by atoms with Gasteiger partial charge in [0.25, 0.3) is 0 Å². The third-order valence-electron chi connectivity index (χ3n) is 3.29. The van der Waals surface area contributed by atoms with Crippen molar-refractivity contribution in [2.75, 3.05) is 25.0 Å². The molecule has 0 spiro atoms. The lowest BCUT2D eigenvalue weighted by atomic mass is 10.2. The molecule has 0 bridgehead atoms. The number of morpholine rings is 1. The van der Waals surface area contributed by atoms with Crippen LogP contribution < -0.4 is 10.2 Å². The van der Waals surface area contributed by atoms with Crippen LogP contribution in [0.5, 0.6) is 0 Å². The zero-order chi connectivity index (χ0) is 13.1. The third kappa shape index (κ3) is 3.00. The average Bonchev–Trinajstić information content (AvgIpc) is 2.30. The first kappa shape index (κ1) is 13.3. The van der Waals surface area contributed by atoms with E-state index < -0.39 is 0 Å². The minimum atomic E-state index is 0.271. The second-order valence-corrected chi connectivity index (χ2v) is 5.11. The highest BCUT2D eigenvalue weighted by molar-refractivity contribution is 5.42. The monoisotopic (exact) mass is 249 g/mol. The highest BCUT2D eigenvalue weighted by Crippen LogP contribution is 2.20. The number of pyridine rings is 1. The van der Waals surface area contributed by atoms with Crippen LogP contribution in [0.2, 0.25) is 0 Å².